The van der Waals surface area contributed by atoms with Gasteiger partial charge in [0.1, 0.15) is 0 Å². The largest absolute Gasteiger partial charge is 0.381 e. The maximum atomic E-state index is 4.94. The first-order chi connectivity index (χ1) is 16.3. The van der Waals surface area contributed by atoms with E-state index in [1.54, 1.807) is 4.88 Å². The van der Waals surface area contributed by atoms with Gasteiger partial charge in [0.25, 0.3) is 0 Å². The molecule has 0 N–H and O–H groups in total. The number of aryl methyl sites for hydroxylation is 1. The van der Waals surface area contributed by atoms with Crippen molar-refractivity contribution in [3.8, 4) is 0 Å². The Balaban J connectivity index is 0.000000121. The molecule has 0 spiro atoms. The van der Waals surface area contributed by atoms with Crippen LogP contribution in [-0.2, 0) is 11.2 Å². The smallest absolute Gasteiger partial charge is 0.0632 e. The van der Waals surface area contributed by atoms with Crippen LogP contribution in [0.25, 0.3) is 37.6 Å². The maximum absolute atomic E-state index is 4.94. The molecule has 0 aromatic carbocycles. The lowest BCUT2D eigenvalue weighted by molar-refractivity contribution is 0.198. The van der Waals surface area contributed by atoms with Crippen LogP contribution in [0.5, 0.6) is 0 Å². The summed E-state index contributed by atoms with van der Waals surface area (Å²) in [5, 5.41) is 6.54. The summed E-state index contributed by atoms with van der Waals surface area (Å²) in [6.45, 7) is 4.27. The molecular formula is C26H28OS6. The predicted molar refractivity (Wildman–Crippen MR) is 158 cm³/mol. The average Bonchev–Trinajstić information content (AvgIpc) is 3.61. The van der Waals surface area contributed by atoms with Gasteiger partial charge in [-0.1, -0.05) is 26.2 Å². The third-order valence-corrected chi connectivity index (χ3v) is 12.6. The number of thiophene rings is 6. The molecule has 0 bridgehead atoms. The van der Waals surface area contributed by atoms with E-state index < -0.39 is 0 Å². The summed E-state index contributed by atoms with van der Waals surface area (Å²) in [7, 11) is 0. The van der Waals surface area contributed by atoms with Gasteiger partial charge in [0, 0.05) is 36.9 Å². The van der Waals surface area contributed by atoms with Crippen LogP contribution >= 0.6 is 68.0 Å². The first-order valence-corrected chi connectivity index (χ1v) is 16.7. The van der Waals surface area contributed by atoms with E-state index >= 15 is 0 Å². The van der Waals surface area contributed by atoms with Gasteiger partial charge < -0.3 is 4.74 Å². The summed E-state index contributed by atoms with van der Waals surface area (Å²) in [6.07, 6.45) is 9.29. The minimum Gasteiger partial charge on any atom is -0.381 e. The Morgan fingerprint density at radius 3 is 1.79 bits per heavy atom. The molecule has 0 radical (unpaired) electrons. The van der Waals surface area contributed by atoms with Gasteiger partial charge in [-0.15, -0.1) is 68.0 Å². The second-order valence-electron chi connectivity index (χ2n) is 8.08. The third-order valence-electron chi connectivity index (χ3n) is 5.59. The predicted octanol–water partition coefficient (Wildman–Crippen LogP) is 11.3. The van der Waals surface area contributed by atoms with Gasteiger partial charge in [-0.3, -0.25) is 0 Å². The van der Waals surface area contributed by atoms with Crippen LogP contribution in [0.3, 0.4) is 0 Å². The van der Waals surface area contributed by atoms with Crippen LogP contribution in [0.2, 0.25) is 0 Å². The van der Waals surface area contributed by atoms with Crippen molar-refractivity contribution in [2.45, 2.75) is 51.9 Å². The molecule has 6 aromatic heterocycles. The Bertz CT molecular complexity index is 1350. The molecule has 1 aliphatic heterocycles. The van der Waals surface area contributed by atoms with Gasteiger partial charge in [0.15, 0.2) is 0 Å². The Morgan fingerprint density at radius 2 is 1.24 bits per heavy atom. The number of hydrogen-bond donors (Lipinski definition) is 0. The highest BCUT2D eigenvalue weighted by molar-refractivity contribution is 7.38. The van der Waals surface area contributed by atoms with E-state index in [1.807, 2.05) is 68.0 Å². The molecule has 7 heterocycles. The summed E-state index contributed by atoms with van der Waals surface area (Å²) in [5.74, 6) is 0. The second-order valence-corrected chi connectivity index (χ2v) is 14.1. The minimum atomic E-state index is 1.00. The van der Waals surface area contributed by atoms with Gasteiger partial charge in [-0.25, -0.2) is 0 Å². The summed E-state index contributed by atoms with van der Waals surface area (Å²) in [5.41, 5.74) is 0. The van der Waals surface area contributed by atoms with Crippen molar-refractivity contribution in [3.05, 3.63) is 45.3 Å². The van der Waals surface area contributed by atoms with E-state index in [9.17, 15) is 0 Å². The van der Waals surface area contributed by atoms with Crippen LogP contribution in [-0.4, -0.2) is 13.2 Å². The van der Waals surface area contributed by atoms with Crippen LogP contribution in [0.4, 0.5) is 0 Å². The standard InChI is InChI=1S/C14H16S3.C8H4S3.C4H8O/c1-2-3-4-5-6-10-9-12-14(16-10)13-11(17-12)7-8-15-13;1-3-9-7-5(1)11-6-2-4-10-8(6)7;1-2-4-5-3-1/h7-9H,2-6H2,1H3;1-4H;1-4H2. The first kappa shape index (κ1) is 23.9. The summed E-state index contributed by atoms with van der Waals surface area (Å²) in [6, 6.07) is 9.08. The second kappa shape index (κ2) is 11.8. The maximum Gasteiger partial charge on any atom is 0.0632 e. The quantitative estimate of drug-likeness (QED) is 0.195. The Hall–Kier alpha value is -0.800. The van der Waals surface area contributed by atoms with Gasteiger partial charge >= 0.3 is 0 Å². The Kier molecular flexibility index (Phi) is 8.52. The van der Waals surface area contributed by atoms with E-state index in [1.165, 1.54) is 82.5 Å². The fraction of sp³-hybridized carbons (Fsp3) is 0.385. The number of ether oxygens (including phenoxy) is 1. The van der Waals surface area contributed by atoms with Crippen molar-refractivity contribution in [2.24, 2.45) is 0 Å². The lowest BCUT2D eigenvalue weighted by atomic mass is 10.1. The van der Waals surface area contributed by atoms with Gasteiger partial charge in [0.05, 0.1) is 18.8 Å². The molecule has 0 aliphatic carbocycles. The van der Waals surface area contributed by atoms with Gasteiger partial charge in [-0.05, 0) is 66.1 Å². The lowest BCUT2D eigenvalue weighted by Crippen LogP contribution is -1.80. The summed E-state index contributed by atoms with van der Waals surface area (Å²) < 4.78 is 16.8. The van der Waals surface area contributed by atoms with E-state index in [-0.39, 0.29) is 0 Å². The SMILES string of the molecule is C1CCOC1.CCCCCCc1cc2sc3ccsc3c2s1.c1cc2sc3ccsc3c2s1. The summed E-state index contributed by atoms with van der Waals surface area (Å²) >= 11 is 11.5. The molecule has 33 heavy (non-hydrogen) atoms. The zero-order chi connectivity index (χ0) is 22.5. The minimum absolute atomic E-state index is 1.00. The molecule has 0 unspecified atom stereocenters. The van der Waals surface area contributed by atoms with Crippen molar-refractivity contribution >= 4 is 106 Å². The van der Waals surface area contributed by atoms with E-state index in [0.29, 0.717) is 0 Å². The number of fused-ring (bicyclic) bond motifs is 6. The molecule has 1 saturated heterocycles. The Morgan fingerprint density at radius 1 is 0.667 bits per heavy atom. The molecule has 6 aromatic rings. The topological polar surface area (TPSA) is 9.23 Å². The molecule has 0 atom stereocenters. The highest BCUT2D eigenvalue weighted by Crippen LogP contribution is 2.42. The highest BCUT2D eigenvalue weighted by atomic mass is 32.1. The molecular weight excluding hydrogens is 521 g/mol. The lowest BCUT2D eigenvalue weighted by Gasteiger charge is -1.96. The number of rotatable bonds is 5. The van der Waals surface area contributed by atoms with Crippen LogP contribution in [0, 0.1) is 0 Å². The molecule has 7 rings (SSSR count). The third kappa shape index (κ3) is 5.72. The van der Waals surface area contributed by atoms with Crippen LogP contribution in [0.1, 0.15) is 50.3 Å². The molecule has 7 heteroatoms. The fourth-order valence-electron chi connectivity index (χ4n) is 3.88. The monoisotopic (exact) mass is 548 g/mol. The van der Waals surface area contributed by atoms with E-state index in [0.717, 1.165) is 13.2 Å². The first-order valence-electron chi connectivity index (χ1n) is 11.6. The van der Waals surface area contributed by atoms with Crippen molar-refractivity contribution < 1.29 is 4.74 Å². The van der Waals surface area contributed by atoms with Crippen molar-refractivity contribution in [2.75, 3.05) is 13.2 Å². The number of hydrogen-bond acceptors (Lipinski definition) is 7. The molecule has 1 aliphatic rings. The Labute approximate surface area is 219 Å². The van der Waals surface area contributed by atoms with E-state index in [2.05, 4.69) is 47.3 Å². The van der Waals surface area contributed by atoms with Crippen molar-refractivity contribution in [1.29, 1.82) is 0 Å². The zero-order valence-corrected chi connectivity index (χ0v) is 23.7. The average molecular weight is 549 g/mol. The molecule has 0 saturated carbocycles. The molecule has 1 fully saturated rings. The fourth-order valence-corrected chi connectivity index (χ4v) is 11.2. The van der Waals surface area contributed by atoms with Gasteiger partial charge in [0.2, 0.25) is 0 Å². The van der Waals surface area contributed by atoms with Gasteiger partial charge in [-0.2, -0.15) is 0 Å². The van der Waals surface area contributed by atoms with Crippen LogP contribution in [0.15, 0.2) is 40.4 Å². The normalized spacial score (nSPS) is 13.6. The van der Waals surface area contributed by atoms with Crippen molar-refractivity contribution in [3.63, 3.8) is 0 Å². The summed E-state index contributed by atoms with van der Waals surface area (Å²) in [4.78, 5) is 1.58. The molecule has 1 nitrogen and oxygen atoms in total. The number of unbranched alkanes of at least 4 members (excludes halogenated alkanes) is 3. The zero-order valence-electron chi connectivity index (χ0n) is 18.8. The van der Waals surface area contributed by atoms with E-state index in [4.69, 9.17) is 4.74 Å². The van der Waals surface area contributed by atoms with Crippen molar-refractivity contribution in [1.82, 2.24) is 0 Å². The molecule has 174 valence electrons. The highest BCUT2D eigenvalue weighted by Gasteiger charge is 2.10. The molecule has 0 amide bonds. The van der Waals surface area contributed by atoms with Crippen LogP contribution < -0.4 is 0 Å².